The summed E-state index contributed by atoms with van der Waals surface area (Å²) in [5, 5.41) is 3.27. The summed E-state index contributed by atoms with van der Waals surface area (Å²) in [6, 6.07) is 1.92. The van der Waals surface area contributed by atoms with Crippen LogP contribution in [0.25, 0.3) is 0 Å². The molecule has 1 rings (SSSR count). The maximum absolute atomic E-state index is 5.89. The van der Waals surface area contributed by atoms with Gasteiger partial charge in [-0.15, -0.1) is 0 Å². The van der Waals surface area contributed by atoms with Gasteiger partial charge in [-0.1, -0.05) is 20.3 Å². The molecule has 0 aliphatic rings. The van der Waals surface area contributed by atoms with Crippen LogP contribution in [0.15, 0.2) is 12.3 Å². The molecule has 0 aliphatic carbocycles. The molecule has 0 spiro atoms. The van der Waals surface area contributed by atoms with Crippen molar-refractivity contribution >= 4 is 11.5 Å². The normalized spacial score (nSPS) is 12.5. The number of anilines is 2. The molecule has 0 radical (unpaired) electrons. The lowest BCUT2D eigenvalue weighted by Crippen LogP contribution is -2.13. The van der Waals surface area contributed by atoms with Crippen molar-refractivity contribution in [2.45, 2.75) is 27.2 Å². The summed E-state index contributed by atoms with van der Waals surface area (Å²) in [6.07, 6.45) is 2.95. The van der Waals surface area contributed by atoms with E-state index in [9.17, 15) is 0 Å². The van der Waals surface area contributed by atoms with Crippen LogP contribution >= 0.6 is 0 Å². The Kier molecular flexibility index (Phi) is 3.74. The highest BCUT2D eigenvalue weighted by molar-refractivity contribution is 5.64. The number of hydrogen-bond acceptors (Lipinski definition) is 3. The molecule has 0 saturated carbocycles. The van der Waals surface area contributed by atoms with Gasteiger partial charge in [-0.05, 0) is 24.5 Å². The maximum atomic E-state index is 5.89. The second-order valence-electron chi connectivity index (χ2n) is 3.78. The Morgan fingerprint density at radius 2 is 2.29 bits per heavy atom. The minimum atomic E-state index is 0.650. The lowest BCUT2D eigenvalue weighted by molar-refractivity contribution is 0.592. The number of aryl methyl sites for hydroxylation is 1. The fraction of sp³-hybridized carbons (Fsp3) is 0.545. The first-order valence-electron chi connectivity index (χ1n) is 5.10. The Balaban J connectivity index is 2.63. The average molecular weight is 193 g/mol. The van der Waals surface area contributed by atoms with E-state index in [1.807, 2.05) is 13.0 Å². The number of hydrogen-bond donors (Lipinski definition) is 2. The van der Waals surface area contributed by atoms with Crippen LogP contribution in [-0.4, -0.2) is 11.5 Å². The van der Waals surface area contributed by atoms with Crippen LogP contribution in [0.4, 0.5) is 11.5 Å². The molecule has 0 amide bonds. The average Bonchev–Trinajstić information content (AvgIpc) is 2.20. The largest absolute Gasteiger partial charge is 0.396 e. The molecule has 0 aliphatic heterocycles. The smallest absolute Gasteiger partial charge is 0.149 e. The predicted molar refractivity (Wildman–Crippen MR) is 61.3 cm³/mol. The molecular weight excluding hydrogens is 174 g/mol. The lowest BCUT2D eigenvalue weighted by Gasteiger charge is -2.13. The van der Waals surface area contributed by atoms with Crippen molar-refractivity contribution in [3.05, 3.63) is 17.8 Å². The molecule has 1 aromatic rings. The van der Waals surface area contributed by atoms with Crippen molar-refractivity contribution in [3.63, 3.8) is 0 Å². The van der Waals surface area contributed by atoms with Gasteiger partial charge >= 0.3 is 0 Å². The fourth-order valence-electron chi connectivity index (χ4n) is 1.13. The minimum absolute atomic E-state index is 0.650. The van der Waals surface area contributed by atoms with Crippen LogP contribution in [0.1, 0.15) is 25.8 Å². The summed E-state index contributed by atoms with van der Waals surface area (Å²) < 4.78 is 0. The topological polar surface area (TPSA) is 50.9 Å². The zero-order valence-corrected chi connectivity index (χ0v) is 9.17. The van der Waals surface area contributed by atoms with Gasteiger partial charge in [0.15, 0.2) is 0 Å². The zero-order valence-electron chi connectivity index (χ0n) is 9.17. The second kappa shape index (κ2) is 4.84. The van der Waals surface area contributed by atoms with Crippen molar-refractivity contribution in [1.29, 1.82) is 0 Å². The third kappa shape index (κ3) is 2.62. The van der Waals surface area contributed by atoms with Gasteiger partial charge in [0.05, 0.1) is 5.69 Å². The Morgan fingerprint density at radius 1 is 1.57 bits per heavy atom. The molecular formula is C11H19N3. The van der Waals surface area contributed by atoms with E-state index in [2.05, 4.69) is 24.1 Å². The molecule has 0 fully saturated rings. The summed E-state index contributed by atoms with van der Waals surface area (Å²) in [5.41, 5.74) is 7.72. The van der Waals surface area contributed by atoms with Gasteiger partial charge in [0.25, 0.3) is 0 Å². The van der Waals surface area contributed by atoms with E-state index in [1.54, 1.807) is 6.20 Å². The van der Waals surface area contributed by atoms with E-state index in [4.69, 9.17) is 5.73 Å². The summed E-state index contributed by atoms with van der Waals surface area (Å²) >= 11 is 0. The van der Waals surface area contributed by atoms with Crippen LogP contribution < -0.4 is 11.1 Å². The van der Waals surface area contributed by atoms with Gasteiger partial charge in [-0.25, -0.2) is 4.98 Å². The van der Waals surface area contributed by atoms with Crippen LogP contribution in [-0.2, 0) is 0 Å². The van der Waals surface area contributed by atoms with Crippen molar-refractivity contribution in [2.75, 3.05) is 17.6 Å². The van der Waals surface area contributed by atoms with Gasteiger partial charge in [-0.2, -0.15) is 0 Å². The van der Waals surface area contributed by atoms with Gasteiger partial charge in [-0.3, -0.25) is 0 Å². The van der Waals surface area contributed by atoms with E-state index in [1.165, 1.54) is 6.42 Å². The molecule has 1 unspecified atom stereocenters. The van der Waals surface area contributed by atoms with E-state index in [-0.39, 0.29) is 0 Å². The lowest BCUT2D eigenvalue weighted by atomic mass is 10.1. The third-order valence-electron chi connectivity index (χ3n) is 2.52. The number of nitrogens with zero attached hydrogens (tertiary/aromatic N) is 1. The first-order chi connectivity index (χ1) is 6.65. The van der Waals surface area contributed by atoms with Gasteiger partial charge < -0.3 is 11.1 Å². The van der Waals surface area contributed by atoms with Gasteiger partial charge in [0, 0.05) is 12.7 Å². The first-order valence-corrected chi connectivity index (χ1v) is 5.10. The zero-order chi connectivity index (χ0) is 10.6. The van der Waals surface area contributed by atoms with Crippen LogP contribution in [0.3, 0.4) is 0 Å². The highest BCUT2D eigenvalue weighted by Gasteiger charge is 2.04. The van der Waals surface area contributed by atoms with Crippen molar-refractivity contribution in [2.24, 2.45) is 5.92 Å². The summed E-state index contributed by atoms with van der Waals surface area (Å²) in [7, 11) is 0. The quantitative estimate of drug-likeness (QED) is 0.772. The first kappa shape index (κ1) is 10.8. The number of nitrogens with two attached hydrogens (primary N) is 1. The summed E-state index contributed by atoms with van der Waals surface area (Å²) in [5.74, 6) is 1.46. The standard InChI is InChI=1S/C11H19N3/c1-4-8(2)7-14-11-10(12)9(3)5-6-13-11/h5-6,8H,4,7,12H2,1-3H3,(H,13,14). The van der Waals surface area contributed by atoms with Gasteiger partial charge in [0.1, 0.15) is 5.82 Å². The molecule has 1 aromatic heterocycles. The minimum Gasteiger partial charge on any atom is -0.396 e. The molecule has 1 heterocycles. The van der Waals surface area contributed by atoms with Crippen LogP contribution in [0, 0.1) is 12.8 Å². The molecule has 3 heteroatoms. The molecule has 14 heavy (non-hydrogen) atoms. The van der Waals surface area contributed by atoms with Crippen molar-refractivity contribution < 1.29 is 0 Å². The van der Waals surface area contributed by atoms with E-state index in [0.717, 1.165) is 23.6 Å². The number of nitrogen functional groups attached to an aromatic ring is 1. The number of pyridine rings is 1. The van der Waals surface area contributed by atoms with E-state index < -0.39 is 0 Å². The molecule has 3 N–H and O–H groups in total. The van der Waals surface area contributed by atoms with Crippen LogP contribution in [0.2, 0.25) is 0 Å². The maximum Gasteiger partial charge on any atom is 0.149 e. The Labute approximate surface area is 85.7 Å². The van der Waals surface area contributed by atoms with Crippen molar-refractivity contribution in [3.8, 4) is 0 Å². The number of nitrogens with one attached hydrogen (secondary N) is 1. The monoisotopic (exact) mass is 193 g/mol. The predicted octanol–water partition coefficient (Wildman–Crippen LogP) is 2.43. The molecule has 0 aromatic carbocycles. The number of aromatic nitrogens is 1. The fourth-order valence-corrected chi connectivity index (χ4v) is 1.13. The molecule has 0 saturated heterocycles. The summed E-state index contributed by atoms with van der Waals surface area (Å²) in [4.78, 5) is 4.21. The van der Waals surface area contributed by atoms with E-state index in [0.29, 0.717) is 5.92 Å². The van der Waals surface area contributed by atoms with Gasteiger partial charge in [0.2, 0.25) is 0 Å². The van der Waals surface area contributed by atoms with Crippen LogP contribution in [0.5, 0.6) is 0 Å². The third-order valence-corrected chi connectivity index (χ3v) is 2.52. The highest BCUT2D eigenvalue weighted by atomic mass is 15.0. The Hall–Kier alpha value is -1.25. The molecule has 0 bridgehead atoms. The Morgan fingerprint density at radius 3 is 2.93 bits per heavy atom. The summed E-state index contributed by atoms with van der Waals surface area (Å²) in [6.45, 7) is 7.31. The number of rotatable bonds is 4. The Bertz CT molecular complexity index is 297. The second-order valence-corrected chi connectivity index (χ2v) is 3.78. The highest BCUT2D eigenvalue weighted by Crippen LogP contribution is 2.18. The molecule has 3 nitrogen and oxygen atoms in total. The van der Waals surface area contributed by atoms with E-state index >= 15 is 0 Å². The molecule has 1 atom stereocenters. The van der Waals surface area contributed by atoms with Crippen molar-refractivity contribution in [1.82, 2.24) is 4.98 Å². The SMILES string of the molecule is CCC(C)CNc1nccc(C)c1N. The molecule has 78 valence electrons.